The van der Waals surface area contributed by atoms with Gasteiger partial charge in [0.1, 0.15) is 5.25 Å². The van der Waals surface area contributed by atoms with E-state index in [-0.39, 0.29) is 11.4 Å². The molecule has 1 fully saturated rings. The molecule has 1 rings (SSSR count). The lowest BCUT2D eigenvalue weighted by Gasteiger charge is -2.23. The topological polar surface area (TPSA) is 55.4 Å². The second-order valence-corrected chi connectivity index (χ2v) is 5.80. The molecule has 0 unspecified atom stereocenters. The van der Waals surface area contributed by atoms with E-state index in [0.29, 0.717) is 6.42 Å². The van der Waals surface area contributed by atoms with Crippen LogP contribution in [0, 0.1) is 0 Å². The van der Waals surface area contributed by atoms with Crippen molar-refractivity contribution in [1.29, 1.82) is 0 Å². The lowest BCUT2D eigenvalue weighted by atomic mass is 10.1. The molecule has 4 nitrogen and oxygen atoms in total. The van der Waals surface area contributed by atoms with E-state index in [1.54, 1.807) is 7.11 Å². The van der Waals surface area contributed by atoms with Crippen molar-refractivity contribution in [2.45, 2.75) is 43.5 Å². The molecule has 1 saturated carbocycles. The number of sulfonamides is 1. The van der Waals surface area contributed by atoms with Gasteiger partial charge >= 0.3 is 0 Å². The smallest absolute Gasteiger partial charge is 0.216 e. The summed E-state index contributed by atoms with van der Waals surface area (Å²) in [5, 5.41) is -0.375. The minimum Gasteiger partial charge on any atom is -0.380 e. The van der Waals surface area contributed by atoms with Crippen LogP contribution in [0.3, 0.4) is 0 Å². The van der Waals surface area contributed by atoms with Crippen LogP contribution < -0.4 is 4.72 Å². The highest BCUT2D eigenvalue weighted by atomic mass is 32.2. The number of hydrogen-bond acceptors (Lipinski definition) is 3. The van der Waals surface area contributed by atoms with Gasteiger partial charge in [-0.2, -0.15) is 0 Å². The molecule has 0 amide bonds. The Kier molecular flexibility index (Phi) is 4.34. The van der Waals surface area contributed by atoms with Crippen LogP contribution in [-0.4, -0.2) is 33.9 Å². The van der Waals surface area contributed by atoms with Gasteiger partial charge in [0.05, 0.1) is 6.10 Å². The van der Waals surface area contributed by atoms with E-state index in [4.69, 9.17) is 4.74 Å². The Morgan fingerprint density at radius 1 is 1.21 bits per heavy atom. The summed E-state index contributed by atoms with van der Waals surface area (Å²) >= 11 is 0. The van der Waals surface area contributed by atoms with Gasteiger partial charge in [0, 0.05) is 7.11 Å². The first-order chi connectivity index (χ1) is 6.61. The molecule has 0 radical (unpaired) electrons. The van der Waals surface area contributed by atoms with Crippen LogP contribution in [-0.2, 0) is 14.8 Å². The molecule has 0 aromatic rings. The van der Waals surface area contributed by atoms with Crippen molar-refractivity contribution in [2.24, 2.45) is 0 Å². The molecule has 84 valence electrons. The van der Waals surface area contributed by atoms with E-state index in [0.717, 1.165) is 25.7 Å². The first-order valence-corrected chi connectivity index (χ1v) is 6.61. The summed E-state index contributed by atoms with van der Waals surface area (Å²) in [5.74, 6) is 0. The van der Waals surface area contributed by atoms with Gasteiger partial charge in [0.15, 0.2) is 0 Å². The molecule has 14 heavy (non-hydrogen) atoms. The van der Waals surface area contributed by atoms with Crippen molar-refractivity contribution in [3.63, 3.8) is 0 Å². The Hall–Kier alpha value is -0.130. The van der Waals surface area contributed by atoms with E-state index >= 15 is 0 Å². The van der Waals surface area contributed by atoms with Gasteiger partial charge in [-0.05, 0) is 19.9 Å². The Balaban J connectivity index is 2.80. The zero-order valence-electron chi connectivity index (χ0n) is 8.82. The summed E-state index contributed by atoms with van der Waals surface area (Å²) in [6.45, 7) is 0. The van der Waals surface area contributed by atoms with Gasteiger partial charge in [0.25, 0.3) is 0 Å². The normalized spacial score (nSPS) is 29.9. The third-order valence-electron chi connectivity index (χ3n) is 2.88. The molecule has 1 N–H and O–H groups in total. The molecule has 0 heterocycles. The van der Waals surface area contributed by atoms with Crippen molar-refractivity contribution in [2.75, 3.05) is 14.2 Å². The summed E-state index contributed by atoms with van der Waals surface area (Å²) in [6.07, 6.45) is 4.56. The molecule has 2 atom stereocenters. The highest BCUT2D eigenvalue weighted by molar-refractivity contribution is 7.90. The fraction of sp³-hybridized carbons (Fsp3) is 1.00. The zero-order valence-corrected chi connectivity index (χ0v) is 9.64. The summed E-state index contributed by atoms with van der Waals surface area (Å²) < 4.78 is 31.0. The predicted octanol–water partition coefficient (Wildman–Crippen LogP) is 0.883. The van der Waals surface area contributed by atoms with Crippen molar-refractivity contribution in [3.05, 3.63) is 0 Å². The SMILES string of the molecule is CNS(=O)(=O)[C@@H]1CCCCC[C@@H]1OC. The third-order valence-corrected chi connectivity index (χ3v) is 4.78. The number of methoxy groups -OCH3 is 1. The van der Waals surface area contributed by atoms with Crippen LogP contribution >= 0.6 is 0 Å². The van der Waals surface area contributed by atoms with E-state index in [1.165, 1.54) is 7.05 Å². The second-order valence-electron chi connectivity index (χ2n) is 3.70. The molecule has 0 aromatic heterocycles. The average Bonchev–Trinajstić information content (AvgIpc) is 2.42. The fourth-order valence-corrected chi connectivity index (χ4v) is 3.44. The second kappa shape index (κ2) is 5.09. The van der Waals surface area contributed by atoms with Crippen LogP contribution in [0.1, 0.15) is 32.1 Å². The van der Waals surface area contributed by atoms with Crippen molar-refractivity contribution in [1.82, 2.24) is 4.72 Å². The largest absolute Gasteiger partial charge is 0.380 e. The van der Waals surface area contributed by atoms with Crippen LogP contribution in [0.5, 0.6) is 0 Å². The Morgan fingerprint density at radius 3 is 2.43 bits per heavy atom. The van der Waals surface area contributed by atoms with Crippen LogP contribution in [0.2, 0.25) is 0 Å². The van der Waals surface area contributed by atoms with E-state index in [9.17, 15) is 8.42 Å². The predicted molar refractivity (Wildman–Crippen MR) is 55.6 cm³/mol. The van der Waals surface area contributed by atoms with Gasteiger partial charge in [-0.3, -0.25) is 0 Å². The number of rotatable bonds is 3. The van der Waals surface area contributed by atoms with Crippen molar-refractivity contribution >= 4 is 10.0 Å². The number of ether oxygens (including phenoxy) is 1. The number of hydrogen-bond donors (Lipinski definition) is 1. The highest BCUT2D eigenvalue weighted by Crippen LogP contribution is 2.24. The first-order valence-electron chi connectivity index (χ1n) is 5.07. The summed E-state index contributed by atoms with van der Waals surface area (Å²) in [6, 6.07) is 0. The molecule has 0 spiro atoms. The molecule has 0 bridgehead atoms. The molecule has 0 aromatic carbocycles. The molecule has 5 heteroatoms. The third kappa shape index (κ3) is 2.68. The molecule has 1 aliphatic rings. The molecular formula is C9H19NO3S. The maximum absolute atomic E-state index is 11.7. The zero-order chi connectivity index (χ0) is 10.6. The minimum absolute atomic E-state index is 0.144. The maximum atomic E-state index is 11.7. The van der Waals surface area contributed by atoms with Crippen LogP contribution in [0.4, 0.5) is 0 Å². The number of nitrogens with one attached hydrogen (secondary N) is 1. The molecular weight excluding hydrogens is 202 g/mol. The maximum Gasteiger partial charge on any atom is 0.216 e. The van der Waals surface area contributed by atoms with E-state index in [1.807, 2.05) is 0 Å². The fourth-order valence-electron chi connectivity index (χ4n) is 2.02. The molecule has 1 aliphatic carbocycles. The highest BCUT2D eigenvalue weighted by Gasteiger charge is 2.33. The molecule has 0 saturated heterocycles. The quantitative estimate of drug-likeness (QED) is 0.720. The van der Waals surface area contributed by atoms with E-state index in [2.05, 4.69) is 4.72 Å². The van der Waals surface area contributed by atoms with Gasteiger partial charge in [-0.25, -0.2) is 13.1 Å². The van der Waals surface area contributed by atoms with Crippen molar-refractivity contribution < 1.29 is 13.2 Å². The van der Waals surface area contributed by atoms with Gasteiger partial charge in [-0.1, -0.05) is 19.3 Å². The minimum atomic E-state index is -3.18. The standard InChI is InChI=1S/C9H19NO3S/c1-10-14(11,12)9-7-5-3-4-6-8(9)13-2/h8-10H,3-7H2,1-2H3/t8-,9+/m0/s1. The Morgan fingerprint density at radius 2 is 1.86 bits per heavy atom. The van der Waals surface area contributed by atoms with Crippen LogP contribution in [0.15, 0.2) is 0 Å². The lowest BCUT2D eigenvalue weighted by Crippen LogP contribution is -2.40. The van der Waals surface area contributed by atoms with E-state index < -0.39 is 10.0 Å². The van der Waals surface area contributed by atoms with Crippen LogP contribution in [0.25, 0.3) is 0 Å². The summed E-state index contributed by atoms with van der Waals surface area (Å²) in [5.41, 5.74) is 0. The van der Waals surface area contributed by atoms with Gasteiger partial charge < -0.3 is 4.74 Å². The Labute approximate surface area is 86.1 Å². The monoisotopic (exact) mass is 221 g/mol. The average molecular weight is 221 g/mol. The van der Waals surface area contributed by atoms with Gasteiger partial charge in [-0.15, -0.1) is 0 Å². The Bertz CT molecular complexity index is 263. The van der Waals surface area contributed by atoms with Gasteiger partial charge in [0.2, 0.25) is 10.0 Å². The van der Waals surface area contributed by atoms with Crippen molar-refractivity contribution in [3.8, 4) is 0 Å². The summed E-state index contributed by atoms with van der Waals surface area (Å²) in [4.78, 5) is 0. The first kappa shape index (κ1) is 11.9. The summed E-state index contributed by atoms with van der Waals surface area (Å²) in [7, 11) is -0.124. The lowest BCUT2D eigenvalue weighted by molar-refractivity contribution is 0.0922. The molecule has 0 aliphatic heterocycles.